The number of sulfonamides is 1. The molecular formula is C17H20BrNO3S. The van der Waals surface area contributed by atoms with Crippen molar-refractivity contribution in [2.24, 2.45) is 0 Å². The molecule has 2 rings (SSSR count). The molecule has 1 N–H and O–H groups in total. The summed E-state index contributed by atoms with van der Waals surface area (Å²) in [5.41, 5.74) is 1.27. The zero-order valence-corrected chi connectivity index (χ0v) is 15.4. The summed E-state index contributed by atoms with van der Waals surface area (Å²) in [6.45, 7) is 2.64. The van der Waals surface area contributed by atoms with Crippen LogP contribution in [-0.4, -0.2) is 21.6 Å². The van der Waals surface area contributed by atoms with E-state index < -0.39 is 10.0 Å². The summed E-state index contributed by atoms with van der Waals surface area (Å²) in [4.78, 5) is 0.240. The Balaban J connectivity index is 1.81. The second-order valence-corrected chi connectivity index (χ2v) is 7.78. The second-order valence-electron chi connectivity index (χ2n) is 5.09. The van der Waals surface area contributed by atoms with Crippen molar-refractivity contribution in [1.29, 1.82) is 0 Å². The first-order valence-electron chi connectivity index (χ1n) is 7.48. The molecule has 2 aromatic rings. The third kappa shape index (κ3) is 5.64. The van der Waals surface area contributed by atoms with Crippen LogP contribution in [0.15, 0.2) is 57.9 Å². The van der Waals surface area contributed by atoms with Crippen LogP contribution in [0.25, 0.3) is 0 Å². The summed E-state index contributed by atoms with van der Waals surface area (Å²) in [5, 5.41) is 0. The topological polar surface area (TPSA) is 55.4 Å². The van der Waals surface area contributed by atoms with Gasteiger partial charge in [0.15, 0.2) is 0 Å². The molecule has 2 aromatic carbocycles. The Morgan fingerprint density at radius 2 is 1.70 bits per heavy atom. The Hall–Kier alpha value is -1.37. The molecule has 4 nitrogen and oxygen atoms in total. The smallest absolute Gasteiger partial charge is 0.240 e. The first kappa shape index (κ1) is 18.0. The fourth-order valence-electron chi connectivity index (χ4n) is 2.08. The summed E-state index contributed by atoms with van der Waals surface area (Å²) in [6, 6.07) is 14.4. The van der Waals surface area contributed by atoms with Crippen molar-refractivity contribution < 1.29 is 13.2 Å². The van der Waals surface area contributed by atoms with E-state index in [-0.39, 0.29) is 18.0 Å². The fourth-order valence-corrected chi connectivity index (χ4v) is 3.36. The van der Waals surface area contributed by atoms with Crippen LogP contribution in [0.1, 0.15) is 18.9 Å². The highest BCUT2D eigenvalue weighted by molar-refractivity contribution is 9.10. The van der Waals surface area contributed by atoms with E-state index in [2.05, 4.69) is 27.6 Å². The number of nitrogens with one attached hydrogen (secondary N) is 1. The maximum atomic E-state index is 12.1. The quantitative estimate of drug-likeness (QED) is 0.689. The lowest BCUT2D eigenvalue weighted by atomic mass is 10.1. The standard InChI is InChI=1S/C17H20BrNO3S/c1-2-3-14-4-8-16(9-5-14)22-13-12-19-23(20,21)17-10-6-15(18)7-11-17/h4-11,19H,2-3,12-13H2,1H3. The molecule has 0 unspecified atom stereocenters. The van der Waals surface area contributed by atoms with Crippen molar-refractivity contribution in [2.75, 3.05) is 13.2 Å². The van der Waals surface area contributed by atoms with Crippen LogP contribution in [0.5, 0.6) is 5.75 Å². The van der Waals surface area contributed by atoms with Gasteiger partial charge in [0, 0.05) is 11.0 Å². The van der Waals surface area contributed by atoms with Gasteiger partial charge in [-0.25, -0.2) is 13.1 Å². The number of aryl methyl sites for hydroxylation is 1. The third-order valence-electron chi connectivity index (χ3n) is 3.25. The van der Waals surface area contributed by atoms with Crippen LogP contribution in [0, 0.1) is 0 Å². The molecule has 0 aliphatic rings. The lowest BCUT2D eigenvalue weighted by Crippen LogP contribution is -2.28. The van der Waals surface area contributed by atoms with Crippen molar-refractivity contribution in [3.05, 3.63) is 58.6 Å². The van der Waals surface area contributed by atoms with Gasteiger partial charge in [-0.2, -0.15) is 0 Å². The SMILES string of the molecule is CCCc1ccc(OCCNS(=O)(=O)c2ccc(Br)cc2)cc1. The predicted octanol–water partition coefficient (Wildman–Crippen LogP) is 3.76. The molecule has 0 fully saturated rings. The normalized spacial score (nSPS) is 11.4. The molecule has 0 radical (unpaired) electrons. The molecule has 0 aliphatic heterocycles. The Morgan fingerprint density at radius 1 is 1.04 bits per heavy atom. The number of hydrogen-bond acceptors (Lipinski definition) is 3. The number of ether oxygens (including phenoxy) is 1. The van der Waals surface area contributed by atoms with Crippen molar-refractivity contribution in [2.45, 2.75) is 24.7 Å². The molecule has 0 aliphatic carbocycles. The molecule has 0 amide bonds. The number of hydrogen-bond donors (Lipinski definition) is 1. The highest BCUT2D eigenvalue weighted by Crippen LogP contribution is 2.15. The summed E-state index contributed by atoms with van der Waals surface area (Å²) in [5.74, 6) is 0.743. The summed E-state index contributed by atoms with van der Waals surface area (Å²) < 4.78 is 33.1. The van der Waals surface area contributed by atoms with E-state index in [0.717, 1.165) is 23.1 Å². The molecule has 0 saturated heterocycles. The molecular weight excluding hydrogens is 378 g/mol. The van der Waals surface area contributed by atoms with Gasteiger partial charge in [0.1, 0.15) is 12.4 Å². The zero-order chi connectivity index (χ0) is 16.7. The van der Waals surface area contributed by atoms with Gasteiger partial charge < -0.3 is 4.74 Å². The van der Waals surface area contributed by atoms with Gasteiger partial charge in [-0.3, -0.25) is 0 Å². The average molecular weight is 398 g/mol. The maximum Gasteiger partial charge on any atom is 0.240 e. The van der Waals surface area contributed by atoms with Gasteiger partial charge in [0.25, 0.3) is 0 Å². The fraction of sp³-hybridized carbons (Fsp3) is 0.294. The Bertz CT molecular complexity index is 713. The van der Waals surface area contributed by atoms with Crippen molar-refractivity contribution >= 4 is 26.0 Å². The van der Waals surface area contributed by atoms with Crippen LogP contribution < -0.4 is 9.46 Å². The first-order chi connectivity index (χ1) is 11.0. The van der Waals surface area contributed by atoms with Crippen molar-refractivity contribution in [1.82, 2.24) is 4.72 Å². The average Bonchev–Trinajstić information content (AvgIpc) is 2.54. The number of halogens is 1. The largest absolute Gasteiger partial charge is 0.492 e. The van der Waals surface area contributed by atoms with Gasteiger partial charge in [-0.15, -0.1) is 0 Å². The maximum absolute atomic E-state index is 12.1. The summed E-state index contributed by atoms with van der Waals surface area (Å²) in [7, 11) is -3.50. The van der Waals surface area contributed by atoms with E-state index in [1.54, 1.807) is 24.3 Å². The lowest BCUT2D eigenvalue weighted by Gasteiger charge is -2.09. The molecule has 6 heteroatoms. The highest BCUT2D eigenvalue weighted by Gasteiger charge is 2.12. The molecule has 0 spiro atoms. The van der Waals surface area contributed by atoms with Crippen LogP contribution in [0.4, 0.5) is 0 Å². The summed E-state index contributed by atoms with van der Waals surface area (Å²) in [6.07, 6.45) is 2.16. The van der Waals surface area contributed by atoms with E-state index in [9.17, 15) is 8.42 Å². The molecule has 0 bridgehead atoms. The van der Waals surface area contributed by atoms with Gasteiger partial charge in [-0.1, -0.05) is 41.4 Å². The molecule has 0 atom stereocenters. The molecule has 0 saturated carbocycles. The lowest BCUT2D eigenvalue weighted by molar-refractivity contribution is 0.322. The molecule has 124 valence electrons. The van der Waals surface area contributed by atoms with E-state index in [0.29, 0.717) is 0 Å². The van der Waals surface area contributed by atoms with E-state index in [1.807, 2.05) is 24.3 Å². The minimum atomic E-state index is -3.50. The minimum absolute atomic E-state index is 0.217. The molecule has 23 heavy (non-hydrogen) atoms. The predicted molar refractivity (Wildman–Crippen MR) is 95.3 cm³/mol. The van der Waals surface area contributed by atoms with Gasteiger partial charge in [0.2, 0.25) is 10.0 Å². The number of benzene rings is 2. The van der Waals surface area contributed by atoms with Crippen molar-refractivity contribution in [3.8, 4) is 5.75 Å². The first-order valence-corrected chi connectivity index (χ1v) is 9.76. The second kappa shape index (κ2) is 8.47. The van der Waals surface area contributed by atoms with Crippen LogP contribution >= 0.6 is 15.9 Å². The summed E-state index contributed by atoms with van der Waals surface area (Å²) >= 11 is 3.28. The van der Waals surface area contributed by atoms with E-state index in [1.165, 1.54) is 5.56 Å². The number of rotatable bonds is 8. The Labute approximate surface area is 146 Å². The Morgan fingerprint density at radius 3 is 2.30 bits per heavy atom. The van der Waals surface area contributed by atoms with Crippen LogP contribution in [0.3, 0.4) is 0 Å². The van der Waals surface area contributed by atoms with Gasteiger partial charge >= 0.3 is 0 Å². The third-order valence-corrected chi connectivity index (χ3v) is 5.25. The van der Waals surface area contributed by atoms with Gasteiger partial charge in [-0.05, 0) is 48.4 Å². The van der Waals surface area contributed by atoms with Crippen molar-refractivity contribution in [3.63, 3.8) is 0 Å². The zero-order valence-electron chi connectivity index (χ0n) is 13.0. The Kier molecular flexibility index (Phi) is 6.62. The molecule has 0 heterocycles. The minimum Gasteiger partial charge on any atom is -0.492 e. The highest BCUT2D eigenvalue weighted by atomic mass is 79.9. The van der Waals surface area contributed by atoms with E-state index >= 15 is 0 Å². The van der Waals surface area contributed by atoms with Gasteiger partial charge in [0.05, 0.1) is 4.90 Å². The van der Waals surface area contributed by atoms with Crippen LogP contribution in [-0.2, 0) is 16.4 Å². The molecule has 0 aromatic heterocycles. The van der Waals surface area contributed by atoms with Crippen LogP contribution in [0.2, 0.25) is 0 Å². The monoisotopic (exact) mass is 397 g/mol. The van der Waals surface area contributed by atoms with E-state index in [4.69, 9.17) is 4.74 Å².